The van der Waals surface area contributed by atoms with Gasteiger partial charge in [0.1, 0.15) is 11.3 Å². The number of alkyl halides is 3. The second kappa shape index (κ2) is 5.22. The van der Waals surface area contributed by atoms with Crippen molar-refractivity contribution >= 4 is 17.0 Å². The molecule has 24 heavy (non-hydrogen) atoms. The number of aryl methyl sites for hydroxylation is 1. The van der Waals surface area contributed by atoms with Crippen molar-refractivity contribution in [2.75, 3.05) is 7.11 Å². The molecule has 3 heterocycles. The summed E-state index contributed by atoms with van der Waals surface area (Å²) < 4.78 is 44.6. The summed E-state index contributed by atoms with van der Waals surface area (Å²) in [5.41, 5.74) is 0.449. The Labute approximate surface area is 132 Å². The molecule has 1 N–H and O–H groups in total. The molecule has 0 aliphatic carbocycles. The number of rotatable bonds is 2. The van der Waals surface area contributed by atoms with Crippen molar-refractivity contribution < 1.29 is 32.6 Å². The number of fused-ring (bicyclic) bond motifs is 1. The first kappa shape index (κ1) is 15.8. The van der Waals surface area contributed by atoms with Crippen molar-refractivity contribution in [3.05, 3.63) is 30.2 Å². The van der Waals surface area contributed by atoms with Gasteiger partial charge in [0.25, 0.3) is 0 Å². The topological polar surface area (TPSA) is 86.0 Å². The van der Waals surface area contributed by atoms with Crippen LogP contribution in [-0.4, -0.2) is 37.8 Å². The van der Waals surface area contributed by atoms with E-state index in [9.17, 15) is 23.2 Å². The van der Waals surface area contributed by atoms with E-state index in [0.717, 1.165) is 12.4 Å². The number of hydrogen-bond acceptors (Lipinski definition) is 5. The zero-order valence-corrected chi connectivity index (χ0v) is 12.4. The standard InChI is InChI=1S/C13H11F3N5O3/c1-19-10(7-5-17-21(6-7)13(14,15)16)11-9(18-19)8(12(22)24-2)3-4-20(11)23/h3-6,23H,1-2H3/q+1. The fraction of sp³-hybridized carbons (Fsp3) is 0.231. The average Bonchev–Trinajstić information content (AvgIpc) is 3.10. The summed E-state index contributed by atoms with van der Waals surface area (Å²) in [4.78, 5) is 11.8. The zero-order valence-electron chi connectivity index (χ0n) is 12.4. The summed E-state index contributed by atoms with van der Waals surface area (Å²) in [5, 5.41) is 17.4. The van der Waals surface area contributed by atoms with E-state index >= 15 is 0 Å². The second-order valence-electron chi connectivity index (χ2n) is 4.88. The summed E-state index contributed by atoms with van der Waals surface area (Å²) in [5.74, 6) is -0.684. The lowest BCUT2D eigenvalue weighted by Crippen LogP contribution is -2.31. The molecule has 0 aliphatic rings. The van der Waals surface area contributed by atoms with Gasteiger partial charge in [0.15, 0.2) is 5.52 Å². The molecule has 0 saturated carbocycles. The molecular formula is C13H11F3N5O3+. The van der Waals surface area contributed by atoms with Crippen molar-refractivity contribution in [3.63, 3.8) is 0 Å². The number of carbonyl (C=O) groups is 1. The maximum atomic E-state index is 12.7. The van der Waals surface area contributed by atoms with Gasteiger partial charge in [-0.05, 0) is 0 Å². The highest BCUT2D eigenvalue weighted by molar-refractivity contribution is 6.03. The summed E-state index contributed by atoms with van der Waals surface area (Å²) in [7, 11) is 2.66. The van der Waals surface area contributed by atoms with Crippen molar-refractivity contribution in [2.24, 2.45) is 7.05 Å². The van der Waals surface area contributed by atoms with E-state index in [0.29, 0.717) is 4.73 Å². The zero-order chi connectivity index (χ0) is 17.6. The first-order valence-electron chi connectivity index (χ1n) is 6.55. The minimum absolute atomic E-state index is 0.0575. The lowest BCUT2D eigenvalue weighted by Gasteiger charge is -2.03. The van der Waals surface area contributed by atoms with Crippen molar-refractivity contribution in [3.8, 4) is 11.3 Å². The summed E-state index contributed by atoms with van der Waals surface area (Å²) >= 11 is 0. The predicted molar refractivity (Wildman–Crippen MR) is 72.0 cm³/mol. The van der Waals surface area contributed by atoms with Crippen molar-refractivity contribution in [1.82, 2.24) is 19.6 Å². The number of hydrogen-bond donors (Lipinski definition) is 1. The quantitative estimate of drug-likeness (QED) is 0.430. The first-order valence-corrected chi connectivity index (χ1v) is 6.55. The van der Waals surface area contributed by atoms with Crippen LogP contribution in [-0.2, 0) is 18.1 Å². The van der Waals surface area contributed by atoms with Gasteiger partial charge < -0.3 is 4.74 Å². The highest BCUT2D eigenvalue weighted by atomic mass is 19.4. The molecule has 3 rings (SSSR count). The number of ether oxygens (including phenoxy) is 1. The highest BCUT2D eigenvalue weighted by Crippen LogP contribution is 2.29. The Kier molecular flexibility index (Phi) is 3.43. The van der Waals surface area contributed by atoms with Gasteiger partial charge in [-0.2, -0.15) is 14.9 Å². The van der Waals surface area contributed by atoms with Crippen LogP contribution >= 0.6 is 0 Å². The van der Waals surface area contributed by atoms with Crippen molar-refractivity contribution in [2.45, 2.75) is 6.30 Å². The number of carbonyl (C=O) groups excluding carboxylic acids is 1. The largest absolute Gasteiger partial charge is 0.504 e. The van der Waals surface area contributed by atoms with E-state index in [1.165, 1.54) is 31.1 Å². The molecular weight excluding hydrogens is 331 g/mol. The Morgan fingerprint density at radius 1 is 1.42 bits per heavy atom. The third-order valence-corrected chi connectivity index (χ3v) is 3.41. The Bertz CT molecular complexity index is 944. The third kappa shape index (κ3) is 2.33. The SMILES string of the molecule is COC(=O)c1cc[n+](O)c2c(-c3cnn(C(F)(F)F)c3)n(C)nc12. The van der Waals surface area contributed by atoms with E-state index < -0.39 is 12.3 Å². The third-order valence-electron chi connectivity index (χ3n) is 3.41. The molecule has 0 atom stereocenters. The van der Waals surface area contributed by atoms with E-state index in [1.54, 1.807) is 0 Å². The minimum atomic E-state index is -4.67. The van der Waals surface area contributed by atoms with Crippen LogP contribution in [0.4, 0.5) is 13.2 Å². The van der Waals surface area contributed by atoms with Crippen LogP contribution in [0.5, 0.6) is 0 Å². The lowest BCUT2D eigenvalue weighted by molar-refractivity contribution is -0.884. The molecule has 3 aromatic rings. The average molecular weight is 342 g/mol. The molecule has 0 bridgehead atoms. The molecule has 0 saturated heterocycles. The Hall–Kier alpha value is -3.11. The van der Waals surface area contributed by atoms with Crippen LogP contribution in [0.3, 0.4) is 0 Å². The van der Waals surface area contributed by atoms with Crippen LogP contribution in [0, 0.1) is 0 Å². The number of methoxy groups -OCH3 is 1. The molecule has 0 aromatic carbocycles. The molecule has 0 unspecified atom stereocenters. The molecule has 126 valence electrons. The summed E-state index contributed by atoms with van der Waals surface area (Å²) in [6.07, 6.45) is -1.73. The number of pyridine rings is 1. The molecule has 3 aromatic heterocycles. The number of aromatic nitrogens is 5. The van der Waals surface area contributed by atoms with Crippen molar-refractivity contribution in [1.29, 1.82) is 0 Å². The Morgan fingerprint density at radius 3 is 2.71 bits per heavy atom. The normalized spacial score (nSPS) is 11.9. The molecule has 8 nitrogen and oxygen atoms in total. The van der Waals surface area contributed by atoms with Gasteiger partial charge in [-0.1, -0.05) is 0 Å². The fourth-order valence-corrected chi connectivity index (χ4v) is 2.39. The molecule has 0 spiro atoms. The monoisotopic (exact) mass is 342 g/mol. The molecule has 0 fully saturated rings. The van der Waals surface area contributed by atoms with Crippen LogP contribution in [0.25, 0.3) is 22.3 Å². The van der Waals surface area contributed by atoms with Crippen LogP contribution < -0.4 is 4.73 Å². The van der Waals surface area contributed by atoms with Gasteiger partial charge >= 0.3 is 17.8 Å². The predicted octanol–water partition coefficient (Wildman–Crippen LogP) is 1.22. The lowest BCUT2D eigenvalue weighted by atomic mass is 10.1. The van der Waals surface area contributed by atoms with Gasteiger partial charge in [0.2, 0.25) is 6.20 Å². The van der Waals surface area contributed by atoms with Crippen LogP contribution in [0.1, 0.15) is 10.4 Å². The fourth-order valence-electron chi connectivity index (χ4n) is 2.39. The van der Waals surface area contributed by atoms with Gasteiger partial charge in [0, 0.05) is 29.6 Å². The van der Waals surface area contributed by atoms with Crippen LogP contribution in [0.15, 0.2) is 24.7 Å². The molecule has 0 aliphatic heterocycles. The molecule has 11 heteroatoms. The van der Waals surface area contributed by atoms with Gasteiger partial charge in [-0.15, -0.1) is 13.2 Å². The minimum Gasteiger partial charge on any atom is -0.465 e. The molecule has 0 amide bonds. The maximum Gasteiger partial charge on any atom is 0.504 e. The second-order valence-corrected chi connectivity index (χ2v) is 4.88. The Morgan fingerprint density at radius 2 is 2.12 bits per heavy atom. The maximum absolute atomic E-state index is 12.7. The first-order chi connectivity index (χ1) is 11.2. The summed E-state index contributed by atoms with van der Waals surface area (Å²) in [6, 6.07) is 1.30. The highest BCUT2D eigenvalue weighted by Gasteiger charge is 2.34. The number of halogens is 3. The number of nitrogens with zero attached hydrogens (tertiary/aromatic N) is 5. The number of esters is 1. The van der Waals surface area contributed by atoms with Gasteiger partial charge in [0.05, 0.1) is 13.3 Å². The van der Waals surface area contributed by atoms with E-state index in [1.807, 2.05) is 0 Å². The van der Waals surface area contributed by atoms with E-state index in [-0.39, 0.29) is 32.5 Å². The van der Waals surface area contributed by atoms with Gasteiger partial charge in [-0.3, -0.25) is 9.89 Å². The van der Waals surface area contributed by atoms with E-state index in [2.05, 4.69) is 14.9 Å². The smallest absolute Gasteiger partial charge is 0.465 e. The van der Waals surface area contributed by atoms with Gasteiger partial charge in [-0.25, -0.2) is 4.79 Å². The van der Waals surface area contributed by atoms with Crippen LogP contribution in [0.2, 0.25) is 0 Å². The molecule has 0 radical (unpaired) electrons. The van der Waals surface area contributed by atoms with E-state index in [4.69, 9.17) is 0 Å². The summed E-state index contributed by atoms with van der Waals surface area (Å²) in [6.45, 7) is 0. The Balaban J connectivity index is 2.28.